The van der Waals surface area contributed by atoms with Crippen molar-refractivity contribution in [3.63, 3.8) is 0 Å². The van der Waals surface area contributed by atoms with Gasteiger partial charge in [-0.05, 0) is 30.5 Å². The number of aromatic nitrogens is 2. The van der Waals surface area contributed by atoms with Crippen LogP contribution in [0.25, 0.3) is 0 Å². The van der Waals surface area contributed by atoms with Gasteiger partial charge in [-0.1, -0.05) is 29.3 Å². The van der Waals surface area contributed by atoms with E-state index >= 15 is 0 Å². The topological polar surface area (TPSA) is 45.8 Å². The normalized spacial score (nSPS) is 10.5. The number of imidazole rings is 1. The maximum absolute atomic E-state index is 10.7. The van der Waals surface area contributed by atoms with Gasteiger partial charge in [0.05, 0.1) is 6.33 Å². The molecule has 0 bridgehead atoms. The second-order valence-electron chi connectivity index (χ2n) is 3.62. The van der Waals surface area contributed by atoms with Crippen molar-refractivity contribution in [2.75, 3.05) is 0 Å². The summed E-state index contributed by atoms with van der Waals surface area (Å²) in [6.07, 6.45) is 3.69. The molecule has 1 heterocycles. The molecular formula is C12H10Cl2N2O. The van der Waals surface area contributed by atoms with E-state index in [4.69, 9.17) is 23.2 Å². The number of H-pyrrole nitrogens is 1. The van der Waals surface area contributed by atoms with Gasteiger partial charge in [-0.15, -0.1) is 0 Å². The van der Waals surface area contributed by atoms with Gasteiger partial charge in [0.25, 0.3) is 0 Å². The Bertz CT molecular complexity index is 537. The van der Waals surface area contributed by atoms with E-state index in [0.29, 0.717) is 22.2 Å². The second-order valence-corrected chi connectivity index (χ2v) is 4.46. The van der Waals surface area contributed by atoms with Gasteiger partial charge in [0.1, 0.15) is 5.69 Å². The van der Waals surface area contributed by atoms with Gasteiger partial charge in [0.15, 0.2) is 6.29 Å². The average molecular weight is 269 g/mol. The van der Waals surface area contributed by atoms with E-state index < -0.39 is 0 Å². The monoisotopic (exact) mass is 268 g/mol. The quantitative estimate of drug-likeness (QED) is 0.865. The van der Waals surface area contributed by atoms with Crippen molar-refractivity contribution in [3.05, 3.63) is 51.5 Å². The molecule has 0 aliphatic rings. The van der Waals surface area contributed by atoms with Crippen LogP contribution in [0.5, 0.6) is 0 Å². The van der Waals surface area contributed by atoms with E-state index in [0.717, 1.165) is 24.0 Å². The van der Waals surface area contributed by atoms with Crippen LogP contribution in [0.1, 0.15) is 21.7 Å². The van der Waals surface area contributed by atoms with Crippen LogP contribution in [-0.2, 0) is 12.8 Å². The van der Waals surface area contributed by atoms with Crippen molar-refractivity contribution >= 4 is 29.5 Å². The molecule has 88 valence electrons. The van der Waals surface area contributed by atoms with E-state index in [9.17, 15) is 4.79 Å². The van der Waals surface area contributed by atoms with Gasteiger partial charge in [0.2, 0.25) is 0 Å². The fourth-order valence-electron chi connectivity index (χ4n) is 1.62. The molecular weight excluding hydrogens is 259 g/mol. The number of carbonyl (C=O) groups is 1. The van der Waals surface area contributed by atoms with Crippen molar-refractivity contribution < 1.29 is 4.79 Å². The summed E-state index contributed by atoms with van der Waals surface area (Å²) in [6, 6.07) is 5.41. The summed E-state index contributed by atoms with van der Waals surface area (Å²) < 4.78 is 0. The highest BCUT2D eigenvalue weighted by Crippen LogP contribution is 2.22. The highest BCUT2D eigenvalue weighted by atomic mass is 35.5. The van der Waals surface area contributed by atoms with Crippen LogP contribution in [0.4, 0.5) is 0 Å². The first-order valence-electron chi connectivity index (χ1n) is 5.12. The predicted molar refractivity (Wildman–Crippen MR) is 67.8 cm³/mol. The first-order chi connectivity index (χ1) is 8.20. The number of rotatable bonds is 4. The summed E-state index contributed by atoms with van der Waals surface area (Å²) >= 11 is 11.9. The van der Waals surface area contributed by atoms with Gasteiger partial charge < -0.3 is 4.98 Å². The number of aromatic amines is 1. The highest BCUT2D eigenvalue weighted by Gasteiger charge is 2.06. The van der Waals surface area contributed by atoms with Crippen LogP contribution < -0.4 is 0 Å². The number of hydrogen-bond donors (Lipinski definition) is 1. The first-order valence-corrected chi connectivity index (χ1v) is 5.87. The van der Waals surface area contributed by atoms with Gasteiger partial charge >= 0.3 is 0 Å². The number of aldehydes is 1. The molecule has 1 aromatic heterocycles. The summed E-state index contributed by atoms with van der Waals surface area (Å²) in [4.78, 5) is 17.5. The zero-order chi connectivity index (χ0) is 12.3. The average Bonchev–Trinajstić information content (AvgIpc) is 2.75. The number of carbonyl (C=O) groups excluding carboxylic acids is 1. The molecule has 0 fully saturated rings. The second kappa shape index (κ2) is 5.34. The molecule has 17 heavy (non-hydrogen) atoms. The number of nitrogens with one attached hydrogen (secondary N) is 1. The fourth-order valence-corrected chi connectivity index (χ4v) is 2.12. The lowest BCUT2D eigenvalue weighted by atomic mass is 10.1. The summed E-state index contributed by atoms with van der Waals surface area (Å²) in [5.74, 6) is 0. The fraction of sp³-hybridized carbons (Fsp3) is 0.167. The number of nitrogens with zero attached hydrogens (tertiary/aromatic N) is 1. The van der Waals surface area contributed by atoms with Crippen LogP contribution in [0.2, 0.25) is 10.0 Å². The Morgan fingerprint density at radius 3 is 2.82 bits per heavy atom. The minimum absolute atomic E-state index is 0.454. The summed E-state index contributed by atoms with van der Waals surface area (Å²) in [5.41, 5.74) is 2.28. The molecule has 2 aromatic rings. The third-order valence-electron chi connectivity index (χ3n) is 2.52. The largest absolute Gasteiger partial charge is 0.348 e. The first kappa shape index (κ1) is 12.1. The van der Waals surface area contributed by atoms with Gasteiger partial charge in [-0.25, -0.2) is 4.98 Å². The summed E-state index contributed by atoms with van der Waals surface area (Å²) in [5, 5.41) is 1.26. The maximum atomic E-state index is 10.7. The van der Waals surface area contributed by atoms with E-state index in [1.54, 1.807) is 12.1 Å². The molecule has 1 N–H and O–H groups in total. The van der Waals surface area contributed by atoms with Gasteiger partial charge in [0, 0.05) is 15.7 Å². The van der Waals surface area contributed by atoms with Gasteiger partial charge in [-0.3, -0.25) is 4.79 Å². The number of benzene rings is 1. The van der Waals surface area contributed by atoms with Crippen molar-refractivity contribution in [1.82, 2.24) is 9.97 Å². The minimum Gasteiger partial charge on any atom is -0.348 e. The lowest BCUT2D eigenvalue weighted by molar-refractivity contribution is 0.111. The maximum Gasteiger partial charge on any atom is 0.170 e. The van der Waals surface area contributed by atoms with E-state index in [2.05, 4.69) is 9.97 Å². The van der Waals surface area contributed by atoms with Crippen molar-refractivity contribution in [2.45, 2.75) is 12.8 Å². The Morgan fingerprint density at radius 1 is 1.29 bits per heavy atom. The number of aryl methyl sites for hydroxylation is 2. The van der Waals surface area contributed by atoms with Crippen LogP contribution in [0.3, 0.4) is 0 Å². The minimum atomic E-state index is 0.454. The highest BCUT2D eigenvalue weighted by molar-refractivity contribution is 6.35. The molecule has 0 radical (unpaired) electrons. The predicted octanol–water partition coefficient (Wildman–Crippen LogP) is 3.31. The third-order valence-corrected chi connectivity index (χ3v) is 3.11. The molecule has 1 aromatic carbocycles. The third kappa shape index (κ3) is 2.87. The van der Waals surface area contributed by atoms with Crippen LogP contribution in [-0.4, -0.2) is 16.3 Å². The Kier molecular flexibility index (Phi) is 3.82. The van der Waals surface area contributed by atoms with E-state index in [-0.39, 0.29) is 0 Å². The van der Waals surface area contributed by atoms with E-state index in [1.807, 2.05) is 6.07 Å². The zero-order valence-electron chi connectivity index (χ0n) is 8.91. The Labute approximate surface area is 109 Å². The summed E-state index contributed by atoms with van der Waals surface area (Å²) in [6.45, 7) is 0. The number of halogens is 2. The van der Waals surface area contributed by atoms with Crippen molar-refractivity contribution in [1.29, 1.82) is 0 Å². The standard InChI is InChI=1S/C12H10Cl2N2O/c13-9-3-1-8(10(14)5-9)2-4-11-12(6-17)16-7-15-11/h1,3,5-7H,2,4H2,(H,15,16). The number of hydrogen-bond acceptors (Lipinski definition) is 2. The molecule has 0 atom stereocenters. The van der Waals surface area contributed by atoms with Crippen LogP contribution >= 0.6 is 23.2 Å². The molecule has 3 nitrogen and oxygen atoms in total. The lowest BCUT2D eigenvalue weighted by Gasteiger charge is -2.04. The molecule has 0 aliphatic carbocycles. The molecule has 0 unspecified atom stereocenters. The van der Waals surface area contributed by atoms with Gasteiger partial charge in [-0.2, -0.15) is 0 Å². The van der Waals surface area contributed by atoms with Crippen LogP contribution in [0.15, 0.2) is 24.5 Å². The molecule has 0 amide bonds. The van der Waals surface area contributed by atoms with E-state index in [1.165, 1.54) is 6.33 Å². The Balaban J connectivity index is 2.10. The Morgan fingerprint density at radius 2 is 2.12 bits per heavy atom. The molecule has 0 aliphatic heterocycles. The SMILES string of the molecule is O=Cc1nc[nH]c1CCc1ccc(Cl)cc1Cl. The molecule has 0 spiro atoms. The zero-order valence-corrected chi connectivity index (χ0v) is 10.4. The van der Waals surface area contributed by atoms with Crippen LogP contribution in [0, 0.1) is 0 Å². The molecule has 0 saturated heterocycles. The Hall–Kier alpha value is -1.32. The smallest absolute Gasteiger partial charge is 0.170 e. The lowest BCUT2D eigenvalue weighted by Crippen LogP contribution is -1.96. The molecule has 0 saturated carbocycles. The molecule has 5 heteroatoms. The van der Waals surface area contributed by atoms with Crippen molar-refractivity contribution in [2.24, 2.45) is 0 Å². The molecule has 2 rings (SSSR count). The summed E-state index contributed by atoms with van der Waals surface area (Å²) in [7, 11) is 0. The van der Waals surface area contributed by atoms with Crippen molar-refractivity contribution in [3.8, 4) is 0 Å².